The van der Waals surface area contributed by atoms with Gasteiger partial charge in [0.25, 0.3) is 0 Å². The van der Waals surface area contributed by atoms with E-state index in [-0.39, 0.29) is 12.2 Å². The highest BCUT2D eigenvalue weighted by Crippen LogP contribution is 2.23. The number of piperidine rings is 1. The Morgan fingerprint density at radius 2 is 1.94 bits per heavy atom. The highest BCUT2D eigenvalue weighted by Gasteiger charge is 2.21. The molecule has 0 aliphatic carbocycles. The second-order valence-corrected chi connectivity index (χ2v) is 8.34. The number of fused-ring (bicyclic) bond motifs is 1. The summed E-state index contributed by atoms with van der Waals surface area (Å²) >= 11 is 0. The van der Waals surface area contributed by atoms with E-state index in [4.69, 9.17) is 0 Å². The monoisotopic (exact) mass is 430 g/mol. The molecule has 9 nitrogen and oxygen atoms in total. The van der Waals surface area contributed by atoms with Crippen LogP contribution in [-0.4, -0.2) is 65.1 Å². The first-order chi connectivity index (χ1) is 15.6. The van der Waals surface area contributed by atoms with Crippen LogP contribution in [-0.2, 0) is 13.5 Å². The number of carbonyl (C=O) groups excluding carboxylic acids is 1. The number of nitrogens with zero attached hydrogens (tertiary/aromatic N) is 8. The SMILES string of the molecule is CCN1CCC(n2cc(C(=O)Cc3cc4cc(-c5cn(C)nn5)cnc4cn3)cn2)CC1. The molecule has 9 heteroatoms. The van der Waals surface area contributed by atoms with Crippen molar-refractivity contribution in [3.8, 4) is 11.3 Å². The van der Waals surface area contributed by atoms with Gasteiger partial charge >= 0.3 is 0 Å². The minimum Gasteiger partial charge on any atom is -0.303 e. The van der Waals surface area contributed by atoms with Crippen molar-refractivity contribution in [3.05, 3.63) is 54.4 Å². The van der Waals surface area contributed by atoms with Gasteiger partial charge in [0.05, 0.1) is 42.1 Å². The van der Waals surface area contributed by atoms with Crippen LogP contribution in [0.3, 0.4) is 0 Å². The molecule has 0 amide bonds. The van der Waals surface area contributed by atoms with Gasteiger partial charge < -0.3 is 4.90 Å². The number of aryl methyl sites for hydroxylation is 1. The minimum absolute atomic E-state index is 0.0205. The van der Waals surface area contributed by atoms with Crippen molar-refractivity contribution in [1.29, 1.82) is 0 Å². The van der Waals surface area contributed by atoms with Crippen molar-refractivity contribution in [3.63, 3.8) is 0 Å². The largest absolute Gasteiger partial charge is 0.303 e. The maximum Gasteiger partial charge on any atom is 0.171 e. The van der Waals surface area contributed by atoms with Crippen LogP contribution in [0.15, 0.2) is 43.1 Å². The van der Waals surface area contributed by atoms with E-state index >= 15 is 0 Å². The Morgan fingerprint density at radius 1 is 1.09 bits per heavy atom. The number of hydrogen-bond acceptors (Lipinski definition) is 7. The van der Waals surface area contributed by atoms with Crippen LogP contribution in [0.25, 0.3) is 22.2 Å². The lowest BCUT2D eigenvalue weighted by atomic mass is 10.1. The smallest absolute Gasteiger partial charge is 0.171 e. The first-order valence-corrected chi connectivity index (χ1v) is 11.0. The molecule has 0 radical (unpaired) electrons. The summed E-state index contributed by atoms with van der Waals surface area (Å²) in [7, 11) is 1.83. The van der Waals surface area contributed by atoms with Crippen molar-refractivity contribution in [2.45, 2.75) is 32.2 Å². The van der Waals surface area contributed by atoms with E-state index in [1.807, 2.05) is 36.3 Å². The summed E-state index contributed by atoms with van der Waals surface area (Å²) in [6.07, 6.45) is 11.3. The lowest BCUT2D eigenvalue weighted by Gasteiger charge is -2.31. The van der Waals surface area contributed by atoms with Gasteiger partial charge in [0.15, 0.2) is 5.78 Å². The number of ketones is 1. The number of rotatable bonds is 6. The van der Waals surface area contributed by atoms with Gasteiger partial charge in [-0.2, -0.15) is 5.10 Å². The molecule has 4 aromatic rings. The van der Waals surface area contributed by atoms with Crippen LogP contribution < -0.4 is 0 Å². The number of carbonyl (C=O) groups is 1. The lowest BCUT2D eigenvalue weighted by molar-refractivity contribution is 0.0991. The van der Waals surface area contributed by atoms with Crippen LogP contribution in [0.4, 0.5) is 0 Å². The quantitative estimate of drug-likeness (QED) is 0.434. The molecule has 0 aromatic carbocycles. The number of Topliss-reactive ketones (excluding diaryl/α,β-unsaturated/α-hetero) is 1. The fraction of sp³-hybridized carbons (Fsp3) is 0.391. The second kappa shape index (κ2) is 8.58. The highest BCUT2D eigenvalue weighted by atomic mass is 16.1. The van der Waals surface area contributed by atoms with Crippen molar-refractivity contribution in [2.24, 2.45) is 7.05 Å². The minimum atomic E-state index is 0.0205. The van der Waals surface area contributed by atoms with Gasteiger partial charge in [0.1, 0.15) is 5.69 Å². The Labute approximate surface area is 186 Å². The number of likely N-dealkylation sites (tertiary alicyclic amines) is 1. The predicted molar refractivity (Wildman–Crippen MR) is 120 cm³/mol. The van der Waals surface area contributed by atoms with Crippen LogP contribution in [0.2, 0.25) is 0 Å². The molecule has 1 aliphatic heterocycles. The summed E-state index contributed by atoms with van der Waals surface area (Å²) in [6, 6.07) is 4.29. The van der Waals surface area contributed by atoms with Gasteiger partial charge in [-0.3, -0.25) is 24.1 Å². The van der Waals surface area contributed by atoms with Crippen molar-refractivity contribution in [2.75, 3.05) is 19.6 Å². The zero-order valence-electron chi connectivity index (χ0n) is 18.3. The molecular weight excluding hydrogens is 404 g/mol. The Kier molecular flexibility index (Phi) is 5.48. The maximum absolute atomic E-state index is 12.9. The molecule has 0 spiro atoms. The Balaban J connectivity index is 1.31. The molecule has 0 atom stereocenters. The molecule has 1 aliphatic rings. The summed E-state index contributed by atoms with van der Waals surface area (Å²) in [5, 5.41) is 13.5. The second-order valence-electron chi connectivity index (χ2n) is 8.34. The molecule has 4 aromatic heterocycles. The van der Waals surface area contributed by atoms with Gasteiger partial charge in [-0.05, 0) is 31.5 Å². The molecule has 5 heterocycles. The zero-order chi connectivity index (χ0) is 22.1. The summed E-state index contributed by atoms with van der Waals surface area (Å²) < 4.78 is 3.62. The maximum atomic E-state index is 12.9. The van der Waals surface area contributed by atoms with Gasteiger partial charge in [-0.15, -0.1) is 5.10 Å². The average Bonchev–Trinajstić information content (AvgIpc) is 3.48. The van der Waals surface area contributed by atoms with Gasteiger partial charge in [0, 0.05) is 49.2 Å². The van der Waals surface area contributed by atoms with Gasteiger partial charge in [-0.25, -0.2) is 0 Å². The highest BCUT2D eigenvalue weighted by molar-refractivity contribution is 5.97. The topological polar surface area (TPSA) is 94.6 Å². The van der Waals surface area contributed by atoms with E-state index in [2.05, 4.69) is 37.2 Å². The molecule has 1 saturated heterocycles. The summed E-state index contributed by atoms with van der Waals surface area (Å²) in [4.78, 5) is 24.3. The lowest BCUT2D eigenvalue weighted by Crippen LogP contribution is -2.34. The van der Waals surface area contributed by atoms with Crippen molar-refractivity contribution < 1.29 is 4.79 Å². The summed E-state index contributed by atoms with van der Waals surface area (Å²) in [5.41, 5.74) is 3.76. The molecule has 1 fully saturated rings. The van der Waals surface area contributed by atoms with E-state index < -0.39 is 0 Å². The first-order valence-electron chi connectivity index (χ1n) is 11.0. The molecular formula is C23H26N8O. The van der Waals surface area contributed by atoms with Crippen LogP contribution in [0.5, 0.6) is 0 Å². The predicted octanol–water partition coefficient (Wildman–Crippen LogP) is 2.70. The number of hydrogen-bond donors (Lipinski definition) is 0. The fourth-order valence-electron chi connectivity index (χ4n) is 4.24. The molecule has 32 heavy (non-hydrogen) atoms. The zero-order valence-corrected chi connectivity index (χ0v) is 18.3. The van der Waals surface area contributed by atoms with E-state index in [0.29, 0.717) is 17.3 Å². The molecule has 164 valence electrons. The molecule has 0 bridgehead atoms. The Morgan fingerprint density at radius 3 is 2.69 bits per heavy atom. The Hall–Kier alpha value is -3.46. The third-order valence-electron chi connectivity index (χ3n) is 6.17. The summed E-state index contributed by atoms with van der Waals surface area (Å²) in [5.74, 6) is 0.0205. The normalized spacial score (nSPS) is 15.4. The first kappa shape index (κ1) is 20.4. The van der Waals surface area contributed by atoms with Gasteiger partial charge in [0.2, 0.25) is 0 Å². The van der Waals surface area contributed by atoms with Crippen molar-refractivity contribution >= 4 is 16.7 Å². The van der Waals surface area contributed by atoms with Crippen LogP contribution >= 0.6 is 0 Å². The van der Waals surface area contributed by atoms with Gasteiger partial charge in [-0.1, -0.05) is 12.1 Å². The number of pyridine rings is 2. The average molecular weight is 431 g/mol. The summed E-state index contributed by atoms with van der Waals surface area (Å²) in [6.45, 7) is 5.44. The third kappa shape index (κ3) is 4.16. The fourth-order valence-corrected chi connectivity index (χ4v) is 4.24. The standard InChI is InChI=1S/C23H26N8O/c1-3-30-6-4-20(5-7-30)31-14-18(12-26-31)23(32)10-19-9-16-8-17(11-25-21(16)13-24-19)22-15-29(2)28-27-22/h8-9,11-15,20H,3-7,10H2,1-2H3. The van der Waals surface area contributed by atoms with Crippen molar-refractivity contribution in [1.82, 2.24) is 39.6 Å². The molecule has 0 N–H and O–H groups in total. The van der Waals surface area contributed by atoms with E-state index in [1.54, 1.807) is 23.3 Å². The van der Waals surface area contributed by atoms with E-state index in [1.165, 1.54) is 0 Å². The Bertz CT molecular complexity index is 1250. The number of aromatic nitrogens is 7. The molecule has 0 saturated carbocycles. The molecule has 0 unspecified atom stereocenters. The van der Waals surface area contributed by atoms with E-state index in [0.717, 1.165) is 54.6 Å². The molecule has 5 rings (SSSR count). The third-order valence-corrected chi connectivity index (χ3v) is 6.17. The van der Waals surface area contributed by atoms with Crippen LogP contribution in [0, 0.1) is 0 Å². The van der Waals surface area contributed by atoms with Crippen LogP contribution in [0.1, 0.15) is 41.9 Å². The van der Waals surface area contributed by atoms with E-state index in [9.17, 15) is 4.79 Å².